The molecule has 0 aliphatic heterocycles. The molecule has 2 aromatic carbocycles. The Kier molecular flexibility index (Phi) is 3.33. The third-order valence-electron chi connectivity index (χ3n) is 2.69. The maximum atomic E-state index is 13.1. The number of rotatable bonds is 3. The number of aryl methyl sites for hydroxylation is 1. The first-order chi connectivity index (χ1) is 8.16. The van der Waals surface area contributed by atoms with Crippen molar-refractivity contribution in [1.29, 1.82) is 0 Å². The predicted molar refractivity (Wildman–Crippen MR) is 65.6 cm³/mol. The fraction of sp³-hybridized carbons (Fsp3) is 0.133. The largest absolute Gasteiger partial charge is 0.294 e. The number of hydrogen-bond acceptors (Lipinski definition) is 1. The highest BCUT2D eigenvalue weighted by molar-refractivity contribution is 5.97. The van der Waals surface area contributed by atoms with Gasteiger partial charge in [0.15, 0.2) is 5.78 Å². The van der Waals surface area contributed by atoms with Crippen LogP contribution in [-0.2, 0) is 6.42 Å². The van der Waals surface area contributed by atoms with Gasteiger partial charge < -0.3 is 0 Å². The SMILES string of the molecule is Cc1cc(C(=O)Cc2ccccc2)ccc1F. The molecule has 0 bridgehead atoms. The van der Waals surface area contributed by atoms with E-state index in [1.54, 1.807) is 13.0 Å². The molecule has 2 aromatic rings. The highest BCUT2D eigenvalue weighted by Crippen LogP contribution is 2.12. The minimum Gasteiger partial charge on any atom is -0.294 e. The number of benzene rings is 2. The lowest BCUT2D eigenvalue weighted by Crippen LogP contribution is -2.04. The average molecular weight is 228 g/mol. The Hall–Kier alpha value is -1.96. The number of ketones is 1. The molecule has 0 atom stereocenters. The molecule has 0 aliphatic rings. The van der Waals surface area contributed by atoms with E-state index in [1.165, 1.54) is 12.1 Å². The fourth-order valence-electron chi connectivity index (χ4n) is 1.70. The third-order valence-corrected chi connectivity index (χ3v) is 2.69. The molecular formula is C15H13FO. The molecule has 0 fully saturated rings. The van der Waals surface area contributed by atoms with Gasteiger partial charge in [-0.05, 0) is 36.2 Å². The minimum atomic E-state index is -0.277. The van der Waals surface area contributed by atoms with Gasteiger partial charge in [-0.3, -0.25) is 4.79 Å². The molecule has 2 heteroatoms. The van der Waals surface area contributed by atoms with E-state index in [1.807, 2.05) is 30.3 Å². The van der Waals surface area contributed by atoms with Crippen LogP contribution in [0.3, 0.4) is 0 Å². The van der Waals surface area contributed by atoms with Crippen molar-refractivity contribution in [3.8, 4) is 0 Å². The summed E-state index contributed by atoms with van der Waals surface area (Å²) in [7, 11) is 0. The second-order valence-electron chi connectivity index (χ2n) is 4.05. The highest BCUT2D eigenvalue weighted by Gasteiger charge is 2.08. The van der Waals surface area contributed by atoms with Gasteiger partial charge in [0.2, 0.25) is 0 Å². The molecule has 0 aromatic heterocycles. The van der Waals surface area contributed by atoms with E-state index in [-0.39, 0.29) is 11.6 Å². The van der Waals surface area contributed by atoms with Gasteiger partial charge in [-0.2, -0.15) is 0 Å². The van der Waals surface area contributed by atoms with Crippen molar-refractivity contribution in [3.05, 3.63) is 71.0 Å². The number of Topliss-reactive ketones (excluding diaryl/α,β-unsaturated/α-hetero) is 1. The molecular weight excluding hydrogens is 215 g/mol. The molecule has 0 saturated carbocycles. The van der Waals surface area contributed by atoms with Crippen LogP contribution in [0.15, 0.2) is 48.5 Å². The summed E-state index contributed by atoms with van der Waals surface area (Å²) in [6, 6.07) is 14.0. The molecule has 1 nitrogen and oxygen atoms in total. The van der Waals surface area contributed by atoms with E-state index in [9.17, 15) is 9.18 Å². The predicted octanol–water partition coefficient (Wildman–Crippen LogP) is 3.56. The zero-order chi connectivity index (χ0) is 12.3. The van der Waals surface area contributed by atoms with Crippen LogP contribution in [0.4, 0.5) is 4.39 Å². The van der Waals surface area contributed by atoms with E-state index < -0.39 is 0 Å². The van der Waals surface area contributed by atoms with E-state index in [2.05, 4.69) is 0 Å². The Balaban J connectivity index is 2.18. The highest BCUT2D eigenvalue weighted by atomic mass is 19.1. The van der Waals surface area contributed by atoms with E-state index in [0.29, 0.717) is 17.5 Å². The average Bonchev–Trinajstić information content (AvgIpc) is 2.34. The van der Waals surface area contributed by atoms with E-state index >= 15 is 0 Å². The quantitative estimate of drug-likeness (QED) is 0.734. The van der Waals surface area contributed by atoms with Gasteiger partial charge in [-0.15, -0.1) is 0 Å². The van der Waals surface area contributed by atoms with E-state index in [4.69, 9.17) is 0 Å². The van der Waals surface area contributed by atoms with Crippen molar-refractivity contribution < 1.29 is 9.18 Å². The maximum Gasteiger partial charge on any atom is 0.167 e. The van der Waals surface area contributed by atoms with Crippen LogP contribution in [0.1, 0.15) is 21.5 Å². The number of carbonyl (C=O) groups excluding carboxylic acids is 1. The lowest BCUT2D eigenvalue weighted by molar-refractivity contribution is 0.0993. The normalized spacial score (nSPS) is 10.2. The monoisotopic (exact) mass is 228 g/mol. The summed E-state index contributed by atoms with van der Waals surface area (Å²) in [5.41, 5.74) is 2.04. The van der Waals surface area contributed by atoms with Crippen LogP contribution >= 0.6 is 0 Å². The Bertz CT molecular complexity index is 532. The van der Waals surface area contributed by atoms with Gasteiger partial charge in [0, 0.05) is 12.0 Å². The van der Waals surface area contributed by atoms with E-state index in [0.717, 1.165) is 5.56 Å². The Morgan fingerprint density at radius 2 is 1.82 bits per heavy atom. The molecule has 0 spiro atoms. The molecule has 0 amide bonds. The van der Waals surface area contributed by atoms with Crippen LogP contribution in [0, 0.1) is 12.7 Å². The van der Waals surface area contributed by atoms with Gasteiger partial charge in [0.25, 0.3) is 0 Å². The smallest absolute Gasteiger partial charge is 0.167 e. The zero-order valence-corrected chi connectivity index (χ0v) is 9.61. The molecule has 0 saturated heterocycles. The molecule has 0 radical (unpaired) electrons. The number of carbonyl (C=O) groups is 1. The van der Waals surface area contributed by atoms with Gasteiger partial charge in [0.1, 0.15) is 5.82 Å². The molecule has 0 N–H and O–H groups in total. The summed E-state index contributed by atoms with van der Waals surface area (Å²) in [5, 5.41) is 0. The first-order valence-electron chi connectivity index (χ1n) is 5.50. The Morgan fingerprint density at radius 1 is 1.12 bits per heavy atom. The second kappa shape index (κ2) is 4.91. The summed E-state index contributed by atoms with van der Waals surface area (Å²) in [6.07, 6.45) is 0.353. The maximum absolute atomic E-state index is 13.1. The number of halogens is 1. The van der Waals surface area contributed by atoms with Gasteiger partial charge in [0.05, 0.1) is 0 Å². The molecule has 0 unspecified atom stereocenters. The first kappa shape index (κ1) is 11.5. The van der Waals surface area contributed by atoms with Crippen molar-refractivity contribution in [2.45, 2.75) is 13.3 Å². The van der Waals surface area contributed by atoms with Crippen LogP contribution in [0.2, 0.25) is 0 Å². The van der Waals surface area contributed by atoms with Crippen molar-refractivity contribution in [2.24, 2.45) is 0 Å². The van der Waals surface area contributed by atoms with Gasteiger partial charge in [-0.1, -0.05) is 30.3 Å². The first-order valence-corrected chi connectivity index (χ1v) is 5.50. The van der Waals surface area contributed by atoms with Crippen molar-refractivity contribution >= 4 is 5.78 Å². The lowest BCUT2D eigenvalue weighted by atomic mass is 10.0. The van der Waals surface area contributed by atoms with Crippen LogP contribution in [0.25, 0.3) is 0 Å². The molecule has 0 heterocycles. The number of hydrogen-bond donors (Lipinski definition) is 0. The van der Waals surface area contributed by atoms with Crippen LogP contribution < -0.4 is 0 Å². The second-order valence-corrected chi connectivity index (χ2v) is 4.05. The summed E-state index contributed by atoms with van der Waals surface area (Å²) >= 11 is 0. The third kappa shape index (κ3) is 2.78. The summed E-state index contributed by atoms with van der Waals surface area (Å²) in [5.74, 6) is -0.263. The van der Waals surface area contributed by atoms with Crippen molar-refractivity contribution in [3.63, 3.8) is 0 Å². The standard InChI is InChI=1S/C15H13FO/c1-11-9-13(7-8-14(11)16)15(17)10-12-5-3-2-4-6-12/h2-9H,10H2,1H3. The topological polar surface area (TPSA) is 17.1 Å². The Morgan fingerprint density at radius 3 is 2.47 bits per heavy atom. The van der Waals surface area contributed by atoms with Gasteiger partial charge in [-0.25, -0.2) is 4.39 Å². The zero-order valence-electron chi connectivity index (χ0n) is 9.61. The molecule has 2 rings (SSSR count). The fourth-order valence-corrected chi connectivity index (χ4v) is 1.70. The minimum absolute atomic E-state index is 0.0132. The summed E-state index contributed by atoms with van der Waals surface area (Å²) in [6.45, 7) is 1.66. The summed E-state index contributed by atoms with van der Waals surface area (Å²) in [4.78, 5) is 12.0. The lowest BCUT2D eigenvalue weighted by Gasteiger charge is -2.03. The molecule has 0 aliphatic carbocycles. The van der Waals surface area contributed by atoms with Crippen LogP contribution in [0.5, 0.6) is 0 Å². The molecule has 86 valence electrons. The molecule has 17 heavy (non-hydrogen) atoms. The van der Waals surface area contributed by atoms with Crippen LogP contribution in [-0.4, -0.2) is 5.78 Å². The van der Waals surface area contributed by atoms with Crippen molar-refractivity contribution in [1.82, 2.24) is 0 Å². The van der Waals surface area contributed by atoms with Gasteiger partial charge >= 0.3 is 0 Å². The Labute approximate surface area is 99.9 Å². The van der Waals surface area contributed by atoms with Crippen molar-refractivity contribution in [2.75, 3.05) is 0 Å². The summed E-state index contributed by atoms with van der Waals surface area (Å²) < 4.78 is 13.1.